The highest BCUT2D eigenvalue weighted by atomic mass is 32.2. The number of aryl methyl sites for hydroxylation is 2. The Kier molecular flexibility index (Phi) is 11.3. The van der Waals surface area contributed by atoms with Crippen molar-refractivity contribution in [2.75, 3.05) is 0 Å². The Morgan fingerprint density at radius 2 is 0.625 bits per heavy atom. The van der Waals surface area contributed by atoms with Crippen LogP contribution in [0, 0.1) is 13.8 Å². The summed E-state index contributed by atoms with van der Waals surface area (Å²) < 4.78 is 58.3. The first-order valence-corrected chi connectivity index (χ1v) is 18.4. The fourth-order valence-corrected chi connectivity index (χ4v) is 8.07. The molecule has 250 valence electrons. The number of sulfonamides is 2. The molecule has 0 aliphatic rings. The number of aliphatic hydroxyl groups excluding tert-OH is 2. The van der Waals surface area contributed by atoms with E-state index in [2.05, 4.69) is 0 Å². The van der Waals surface area contributed by atoms with Crippen molar-refractivity contribution in [3.05, 3.63) is 166 Å². The van der Waals surface area contributed by atoms with Crippen molar-refractivity contribution in [1.29, 1.82) is 0 Å². The van der Waals surface area contributed by atoms with Crippen LogP contribution in [0.25, 0.3) is 0 Å². The van der Waals surface area contributed by atoms with Gasteiger partial charge in [0.05, 0.1) is 23.0 Å². The maximum absolute atomic E-state index is 13.9. The Morgan fingerprint density at radius 1 is 0.396 bits per heavy atom. The maximum Gasteiger partial charge on any atom is 0.243 e. The van der Waals surface area contributed by atoms with E-state index in [0.29, 0.717) is 0 Å². The smallest absolute Gasteiger partial charge is 0.243 e. The third kappa shape index (κ3) is 8.65. The van der Waals surface area contributed by atoms with E-state index in [0.717, 1.165) is 44.5 Å². The van der Waals surface area contributed by atoms with Crippen LogP contribution in [-0.4, -0.2) is 35.7 Å². The number of benzene rings is 5. The van der Waals surface area contributed by atoms with Gasteiger partial charge in [-0.15, -0.1) is 0 Å². The fraction of sp³-hybridized carbons (Fsp3) is 0.211. The van der Waals surface area contributed by atoms with Crippen LogP contribution in [0.5, 0.6) is 0 Å². The average molecular weight is 685 g/mol. The van der Waals surface area contributed by atoms with Gasteiger partial charge in [-0.1, -0.05) is 108 Å². The third-order valence-corrected chi connectivity index (χ3v) is 11.8. The Hall–Kier alpha value is -4.16. The summed E-state index contributed by atoms with van der Waals surface area (Å²) in [5, 5.41) is 18.9. The van der Waals surface area contributed by atoms with Crippen molar-refractivity contribution in [3.63, 3.8) is 0 Å². The summed E-state index contributed by atoms with van der Waals surface area (Å²) in [4.78, 5) is 0.390. The lowest BCUT2D eigenvalue weighted by Gasteiger charge is -2.24. The molecule has 0 heterocycles. The Labute approximate surface area is 283 Å². The number of hydrogen-bond acceptors (Lipinski definition) is 6. The molecule has 0 spiro atoms. The molecule has 0 amide bonds. The van der Waals surface area contributed by atoms with Gasteiger partial charge in [0.1, 0.15) is 0 Å². The van der Waals surface area contributed by atoms with Crippen LogP contribution in [0.2, 0.25) is 0 Å². The van der Waals surface area contributed by atoms with E-state index < -0.39 is 20.0 Å². The highest BCUT2D eigenvalue weighted by Gasteiger charge is 2.27. The molecule has 8 nitrogen and oxygen atoms in total. The highest BCUT2D eigenvalue weighted by molar-refractivity contribution is 7.89. The van der Waals surface area contributed by atoms with Gasteiger partial charge in [0.25, 0.3) is 0 Å². The normalized spacial score (nSPS) is 12.1. The van der Waals surface area contributed by atoms with E-state index in [1.807, 2.05) is 62.4 Å². The summed E-state index contributed by atoms with van der Waals surface area (Å²) in [7, 11) is -7.74. The lowest BCUT2D eigenvalue weighted by Crippen LogP contribution is -2.31. The molecular weight excluding hydrogens is 645 g/mol. The fourth-order valence-electron chi connectivity index (χ4n) is 5.24. The summed E-state index contributed by atoms with van der Waals surface area (Å²) >= 11 is 0. The minimum Gasteiger partial charge on any atom is -0.392 e. The molecule has 0 aliphatic carbocycles. The number of rotatable bonds is 14. The largest absolute Gasteiger partial charge is 0.392 e. The highest BCUT2D eigenvalue weighted by Crippen LogP contribution is 2.25. The molecule has 5 aromatic rings. The van der Waals surface area contributed by atoms with E-state index in [4.69, 9.17) is 0 Å². The van der Waals surface area contributed by atoms with Crippen LogP contribution in [-0.2, 0) is 59.4 Å². The minimum absolute atomic E-state index is 0.0980. The lowest BCUT2D eigenvalue weighted by atomic mass is 10.1. The van der Waals surface area contributed by atoms with Gasteiger partial charge < -0.3 is 10.2 Å². The predicted octanol–water partition coefficient (Wildman–Crippen LogP) is 6.07. The number of aliphatic hydroxyl groups is 2. The summed E-state index contributed by atoms with van der Waals surface area (Å²) in [6.07, 6.45) is 0. The van der Waals surface area contributed by atoms with Crippen LogP contribution in [0.1, 0.15) is 44.5 Å². The van der Waals surface area contributed by atoms with Crippen molar-refractivity contribution >= 4 is 20.0 Å². The van der Waals surface area contributed by atoms with Crippen LogP contribution < -0.4 is 0 Å². The molecule has 0 aromatic heterocycles. The molecule has 0 aliphatic heterocycles. The van der Waals surface area contributed by atoms with Crippen molar-refractivity contribution in [2.45, 2.75) is 63.0 Å². The summed E-state index contributed by atoms with van der Waals surface area (Å²) in [6.45, 7) is 4.05. The predicted molar refractivity (Wildman–Crippen MR) is 186 cm³/mol. The van der Waals surface area contributed by atoms with E-state index in [1.165, 1.54) is 8.61 Å². The second-order valence-electron chi connectivity index (χ2n) is 11.9. The quantitative estimate of drug-likeness (QED) is 0.147. The summed E-state index contributed by atoms with van der Waals surface area (Å²) in [5.74, 6) is 0. The van der Waals surface area contributed by atoms with Gasteiger partial charge in [-0.2, -0.15) is 8.61 Å². The molecule has 0 saturated heterocycles. The topological polar surface area (TPSA) is 115 Å². The van der Waals surface area contributed by atoms with Crippen LogP contribution in [0.3, 0.4) is 0 Å². The second kappa shape index (κ2) is 15.4. The molecule has 10 heteroatoms. The Balaban J connectivity index is 1.41. The zero-order valence-corrected chi connectivity index (χ0v) is 28.7. The average Bonchev–Trinajstić information content (AvgIpc) is 3.09. The number of hydrogen-bond donors (Lipinski definition) is 2. The summed E-state index contributed by atoms with van der Waals surface area (Å²) in [6, 6.07) is 35.2. The van der Waals surface area contributed by atoms with Crippen LogP contribution in [0.15, 0.2) is 131 Å². The van der Waals surface area contributed by atoms with Crippen molar-refractivity contribution in [2.24, 2.45) is 0 Å². The molecular formula is C38H40N2O6S2. The SMILES string of the molecule is Cc1ccc(S(=O)(=O)N(Cc2ccc(CO)cc2)Cc2ccc(CN(Cc3ccc(CO)cc3)S(=O)(=O)c3ccc(C)cc3)cc2)cc1. The molecule has 0 fully saturated rings. The zero-order valence-electron chi connectivity index (χ0n) is 27.0. The molecule has 5 aromatic carbocycles. The Morgan fingerprint density at radius 3 is 0.854 bits per heavy atom. The lowest BCUT2D eigenvalue weighted by molar-refractivity contribution is 0.281. The zero-order chi connectivity index (χ0) is 34.3. The summed E-state index contributed by atoms with van der Waals surface area (Å²) in [5.41, 5.74) is 6.44. The molecule has 48 heavy (non-hydrogen) atoms. The first-order chi connectivity index (χ1) is 23.0. The maximum atomic E-state index is 13.9. The van der Waals surface area contributed by atoms with Crippen molar-refractivity contribution < 1.29 is 27.0 Å². The van der Waals surface area contributed by atoms with Gasteiger partial charge in [0.2, 0.25) is 20.0 Å². The second-order valence-corrected chi connectivity index (χ2v) is 15.8. The molecule has 2 N–H and O–H groups in total. The van der Waals surface area contributed by atoms with Gasteiger partial charge in [0, 0.05) is 26.2 Å². The Bertz CT molecular complexity index is 1860. The van der Waals surface area contributed by atoms with Gasteiger partial charge in [0.15, 0.2) is 0 Å². The molecule has 5 rings (SSSR count). The minimum atomic E-state index is -3.87. The molecule has 0 radical (unpaired) electrons. The molecule has 0 saturated carbocycles. The van der Waals surface area contributed by atoms with Gasteiger partial charge >= 0.3 is 0 Å². The first kappa shape index (κ1) is 35.2. The standard InChI is InChI=1S/C38H40N2O6S2/c1-29-3-19-37(20-4-29)47(43,44)39(25-33-11-15-35(27-41)16-12-33)23-31-7-9-32(10-8-31)24-40(26-34-13-17-36(28-42)18-14-34)48(45,46)38-21-5-30(2)6-22-38/h3-22,41-42H,23-28H2,1-2H3. The monoisotopic (exact) mass is 684 g/mol. The van der Waals surface area contributed by atoms with E-state index in [-0.39, 0.29) is 49.2 Å². The molecule has 0 unspecified atom stereocenters. The van der Waals surface area contributed by atoms with Crippen molar-refractivity contribution in [1.82, 2.24) is 8.61 Å². The van der Waals surface area contributed by atoms with Crippen LogP contribution >= 0.6 is 0 Å². The van der Waals surface area contributed by atoms with Crippen LogP contribution in [0.4, 0.5) is 0 Å². The first-order valence-electron chi connectivity index (χ1n) is 15.6. The van der Waals surface area contributed by atoms with Gasteiger partial charge in [-0.05, 0) is 71.5 Å². The molecule has 0 bridgehead atoms. The van der Waals surface area contributed by atoms with E-state index in [1.54, 1.807) is 72.8 Å². The van der Waals surface area contributed by atoms with Crippen molar-refractivity contribution in [3.8, 4) is 0 Å². The van der Waals surface area contributed by atoms with E-state index in [9.17, 15) is 27.0 Å². The van der Waals surface area contributed by atoms with E-state index >= 15 is 0 Å². The third-order valence-electron chi connectivity index (χ3n) is 8.19. The van der Waals surface area contributed by atoms with Gasteiger partial charge in [-0.25, -0.2) is 16.8 Å². The molecule has 0 atom stereocenters. The number of nitrogens with zero attached hydrogens (tertiary/aromatic N) is 2. The van der Waals surface area contributed by atoms with Gasteiger partial charge in [-0.3, -0.25) is 0 Å².